The molecule has 4 nitrogen and oxygen atoms in total. The number of nitrogens with one attached hydrogen (secondary N) is 1. The van der Waals surface area contributed by atoms with Gasteiger partial charge in [0.05, 0.1) is 17.4 Å². The first kappa shape index (κ1) is 15.2. The summed E-state index contributed by atoms with van der Waals surface area (Å²) in [4.78, 5) is 18.8. The number of carbonyl (C=O) groups is 1. The largest absolute Gasteiger partial charge is 0.383 e. The van der Waals surface area contributed by atoms with Gasteiger partial charge < -0.3 is 10.2 Å². The normalized spacial score (nSPS) is 18.9. The van der Waals surface area contributed by atoms with Crippen LogP contribution in [0, 0.1) is 0 Å². The van der Waals surface area contributed by atoms with E-state index in [0.29, 0.717) is 5.25 Å². The van der Waals surface area contributed by atoms with Gasteiger partial charge in [0.1, 0.15) is 0 Å². The molecule has 0 aliphatic carbocycles. The van der Waals surface area contributed by atoms with E-state index in [9.17, 15) is 4.79 Å². The highest BCUT2D eigenvalue weighted by molar-refractivity contribution is 8.00. The molecule has 0 spiro atoms. The van der Waals surface area contributed by atoms with Crippen molar-refractivity contribution in [3.8, 4) is 0 Å². The third-order valence-corrected chi connectivity index (χ3v) is 4.87. The Morgan fingerprint density at radius 3 is 3.15 bits per heavy atom. The molecule has 1 fully saturated rings. The minimum Gasteiger partial charge on any atom is -0.383 e. The molecule has 1 N–H and O–H groups in total. The van der Waals surface area contributed by atoms with E-state index in [4.69, 9.17) is 0 Å². The van der Waals surface area contributed by atoms with Crippen molar-refractivity contribution in [2.75, 3.05) is 30.7 Å². The number of pyridine rings is 1. The Morgan fingerprint density at radius 2 is 2.40 bits per heavy atom. The van der Waals surface area contributed by atoms with E-state index in [1.165, 1.54) is 0 Å². The quantitative estimate of drug-likeness (QED) is 0.906. The van der Waals surface area contributed by atoms with Gasteiger partial charge in [-0.3, -0.25) is 9.78 Å². The standard InChI is InChI=1S/C15H23N3OS/c1-3-6-17-14-10-16-7-5-13(14)15(19)18-8-9-20-12(4-2)11-18/h5,7,10,12,17H,3-4,6,8-9,11H2,1-2H3. The van der Waals surface area contributed by atoms with Crippen molar-refractivity contribution in [3.63, 3.8) is 0 Å². The van der Waals surface area contributed by atoms with Crippen molar-refractivity contribution in [1.29, 1.82) is 0 Å². The molecule has 5 heteroatoms. The van der Waals surface area contributed by atoms with Crippen molar-refractivity contribution in [3.05, 3.63) is 24.0 Å². The van der Waals surface area contributed by atoms with Crippen LogP contribution in [-0.2, 0) is 0 Å². The molecule has 1 aromatic heterocycles. The lowest BCUT2D eigenvalue weighted by atomic mass is 10.1. The molecule has 0 saturated carbocycles. The zero-order chi connectivity index (χ0) is 14.4. The van der Waals surface area contributed by atoms with Crippen LogP contribution in [0.15, 0.2) is 18.5 Å². The summed E-state index contributed by atoms with van der Waals surface area (Å²) in [5.41, 5.74) is 1.60. The van der Waals surface area contributed by atoms with Gasteiger partial charge in [-0.05, 0) is 18.9 Å². The van der Waals surface area contributed by atoms with Crippen molar-refractivity contribution in [2.24, 2.45) is 0 Å². The van der Waals surface area contributed by atoms with E-state index < -0.39 is 0 Å². The molecular weight excluding hydrogens is 270 g/mol. The lowest BCUT2D eigenvalue weighted by Crippen LogP contribution is -2.42. The summed E-state index contributed by atoms with van der Waals surface area (Å²) in [5, 5.41) is 3.86. The summed E-state index contributed by atoms with van der Waals surface area (Å²) in [5.74, 6) is 1.16. The van der Waals surface area contributed by atoms with Crippen molar-refractivity contribution >= 4 is 23.4 Å². The zero-order valence-corrected chi connectivity index (χ0v) is 13.1. The van der Waals surface area contributed by atoms with E-state index in [1.54, 1.807) is 12.4 Å². The third-order valence-electron chi connectivity index (χ3n) is 3.50. The molecule has 0 radical (unpaired) electrons. The first-order valence-corrected chi connectivity index (χ1v) is 8.39. The maximum Gasteiger partial charge on any atom is 0.256 e. The minimum absolute atomic E-state index is 0.129. The average molecular weight is 293 g/mol. The monoisotopic (exact) mass is 293 g/mol. The fraction of sp³-hybridized carbons (Fsp3) is 0.600. The fourth-order valence-corrected chi connectivity index (χ4v) is 3.48. The number of hydrogen-bond donors (Lipinski definition) is 1. The van der Waals surface area contributed by atoms with Gasteiger partial charge in [-0.1, -0.05) is 13.8 Å². The van der Waals surface area contributed by atoms with Gasteiger partial charge >= 0.3 is 0 Å². The first-order valence-electron chi connectivity index (χ1n) is 7.35. The summed E-state index contributed by atoms with van der Waals surface area (Å²) >= 11 is 1.98. The van der Waals surface area contributed by atoms with Gasteiger partial charge in [-0.2, -0.15) is 11.8 Å². The average Bonchev–Trinajstić information content (AvgIpc) is 2.52. The topological polar surface area (TPSA) is 45.2 Å². The summed E-state index contributed by atoms with van der Waals surface area (Å²) < 4.78 is 0. The summed E-state index contributed by atoms with van der Waals surface area (Å²) in [6.07, 6.45) is 5.59. The van der Waals surface area contributed by atoms with Crippen LogP contribution in [0.4, 0.5) is 5.69 Å². The molecule has 1 amide bonds. The molecule has 20 heavy (non-hydrogen) atoms. The van der Waals surface area contributed by atoms with Crippen LogP contribution in [-0.4, -0.2) is 46.4 Å². The lowest BCUT2D eigenvalue weighted by molar-refractivity contribution is 0.0762. The summed E-state index contributed by atoms with van der Waals surface area (Å²) in [6.45, 7) is 6.86. The predicted octanol–water partition coefficient (Wildman–Crippen LogP) is 2.87. The minimum atomic E-state index is 0.129. The molecule has 2 heterocycles. The first-order chi connectivity index (χ1) is 9.76. The molecule has 1 aromatic rings. The van der Waals surface area contributed by atoms with Gasteiger partial charge in [0.15, 0.2) is 0 Å². The molecule has 0 aromatic carbocycles. The number of hydrogen-bond acceptors (Lipinski definition) is 4. The maximum absolute atomic E-state index is 12.7. The van der Waals surface area contributed by atoms with Gasteiger partial charge in [-0.15, -0.1) is 0 Å². The van der Waals surface area contributed by atoms with Crippen molar-refractivity contribution in [2.45, 2.75) is 31.9 Å². The van der Waals surface area contributed by atoms with Gasteiger partial charge in [-0.25, -0.2) is 0 Å². The Morgan fingerprint density at radius 1 is 1.55 bits per heavy atom. The Balaban J connectivity index is 2.11. The Labute approximate surface area is 125 Å². The highest BCUT2D eigenvalue weighted by Crippen LogP contribution is 2.24. The molecule has 2 rings (SSSR count). The second-order valence-electron chi connectivity index (χ2n) is 5.00. The number of aromatic nitrogens is 1. The molecule has 0 bridgehead atoms. The van der Waals surface area contributed by atoms with Gasteiger partial charge in [0.25, 0.3) is 5.91 Å². The smallest absolute Gasteiger partial charge is 0.256 e. The van der Waals surface area contributed by atoms with E-state index in [0.717, 1.165) is 49.5 Å². The van der Waals surface area contributed by atoms with Crippen molar-refractivity contribution < 1.29 is 4.79 Å². The highest BCUT2D eigenvalue weighted by Gasteiger charge is 2.25. The number of rotatable bonds is 5. The van der Waals surface area contributed by atoms with Crippen LogP contribution < -0.4 is 5.32 Å². The molecule has 1 aliphatic rings. The molecule has 1 saturated heterocycles. The number of nitrogens with zero attached hydrogens (tertiary/aromatic N) is 2. The number of thioether (sulfide) groups is 1. The molecular formula is C15H23N3OS. The van der Waals surface area contributed by atoms with E-state index in [2.05, 4.69) is 24.1 Å². The molecule has 110 valence electrons. The number of amides is 1. The SMILES string of the molecule is CCCNc1cnccc1C(=O)N1CCSC(CC)C1. The Kier molecular flexibility index (Phi) is 5.71. The zero-order valence-electron chi connectivity index (χ0n) is 12.3. The highest BCUT2D eigenvalue weighted by atomic mass is 32.2. The molecule has 1 unspecified atom stereocenters. The lowest BCUT2D eigenvalue weighted by Gasteiger charge is -2.32. The molecule has 1 aliphatic heterocycles. The second-order valence-corrected chi connectivity index (χ2v) is 6.41. The third kappa shape index (κ3) is 3.66. The van der Waals surface area contributed by atoms with Crippen LogP contribution in [0.25, 0.3) is 0 Å². The van der Waals surface area contributed by atoms with Crippen LogP contribution >= 0.6 is 11.8 Å². The van der Waals surface area contributed by atoms with Crippen LogP contribution in [0.3, 0.4) is 0 Å². The summed E-state index contributed by atoms with van der Waals surface area (Å²) in [7, 11) is 0. The number of carbonyl (C=O) groups excluding carboxylic acids is 1. The Hall–Kier alpha value is -1.23. The van der Waals surface area contributed by atoms with E-state index in [1.807, 2.05) is 22.7 Å². The molecule has 1 atom stereocenters. The predicted molar refractivity (Wildman–Crippen MR) is 85.5 cm³/mol. The van der Waals surface area contributed by atoms with Crippen LogP contribution in [0.2, 0.25) is 0 Å². The van der Waals surface area contributed by atoms with Gasteiger partial charge in [0, 0.05) is 36.8 Å². The summed E-state index contributed by atoms with van der Waals surface area (Å²) in [6, 6.07) is 1.82. The maximum atomic E-state index is 12.7. The second kappa shape index (κ2) is 7.53. The van der Waals surface area contributed by atoms with Crippen LogP contribution in [0.5, 0.6) is 0 Å². The van der Waals surface area contributed by atoms with Crippen molar-refractivity contribution in [1.82, 2.24) is 9.88 Å². The fourth-order valence-electron chi connectivity index (χ4n) is 2.30. The van der Waals surface area contributed by atoms with E-state index in [-0.39, 0.29) is 5.91 Å². The Bertz CT molecular complexity index is 452. The van der Waals surface area contributed by atoms with Gasteiger partial charge in [0.2, 0.25) is 0 Å². The number of anilines is 1. The van der Waals surface area contributed by atoms with E-state index >= 15 is 0 Å². The van der Waals surface area contributed by atoms with Crippen LogP contribution in [0.1, 0.15) is 37.0 Å².